The molecule has 4 rings (SSSR count). The van der Waals surface area contributed by atoms with Gasteiger partial charge in [-0.3, -0.25) is 9.59 Å². The largest absolute Gasteiger partial charge is 0.496 e. The Morgan fingerprint density at radius 3 is 2.38 bits per heavy atom. The van der Waals surface area contributed by atoms with Crippen molar-refractivity contribution in [2.75, 3.05) is 13.7 Å². The number of para-hydroxylation sites is 2. The molecule has 3 aromatic rings. The van der Waals surface area contributed by atoms with Crippen LogP contribution in [0.4, 0.5) is 0 Å². The lowest BCUT2D eigenvalue weighted by molar-refractivity contribution is -0.142. The average Bonchev–Trinajstić information content (AvgIpc) is 2.95. The van der Waals surface area contributed by atoms with Crippen LogP contribution in [0.5, 0.6) is 11.5 Å². The van der Waals surface area contributed by atoms with Gasteiger partial charge in [0.25, 0.3) is 5.91 Å². The summed E-state index contributed by atoms with van der Waals surface area (Å²) in [6.45, 7) is 5.88. The van der Waals surface area contributed by atoms with Crippen LogP contribution in [0.1, 0.15) is 37.9 Å². The Morgan fingerprint density at radius 2 is 1.65 bits per heavy atom. The predicted molar refractivity (Wildman–Crippen MR) is 132 cm³/mol. The Hall–Kier alpha value is -3.80. The number of hydrogen-bond donors (Lipinski definition) is 1. The molecule has 3 aromatic carbocycles. The molecule has 6 heteroatoms. The summed E-state index contributed by atoms with van der Waals surface area (Å²) < 4.78 is 11.4. The van der Waals surface area contributed by atoms with Crippen LogP contribution in [0.15, 0.2) is 72.8 Å². The molecule has 1 atom stereocenters. The number of nitrogens with one attached hydrogen (secondary N) is 1. The van der Waals surface area contributed by atoms with Gasteiger partial charge >= 0.3 is 0 Å². The van der Waals surface area contributed by atoms with Gasteiger partial charge in [-0.25, -0.2) is 0 Å². The van der Waals surface area contributed by atoms with Crippen molar-refractivity contribution in [3.63, 3.8) is 0 Å². The van der Waals surface area contributed by atoms with Crippen LogP contribution >= 0.6 is 0 Å². The maximum Gasteiger partial charge on any atom is 0.261 e. The number of hydrogen-bond acceptors (Lipinski definition) is 4. The second kappa shape index (κ2) is 9.59. The lowest BCUT2D eigenvalue weighted by atomic mass is 9.96. The number of benzene rings is 3. The first-order valence-corrected chi connectivity index (χ1v) is 11.3. The quantitative estimate of drug-likeness (QED) is 0.600. The molecule has 0 fully saturated rings. The smallest absolute Gasteiger partial charge is 0.261 e. The van der Waals surface area contributed by atoms with E-state index in [0.717, 1.165) is 22.4 Å². The maximum atomic E-state index is 13.6. The zero-order chi connectivity index (χ0) is 24.3. The summed E-state index contributed by atoms with van der Waals surface area (Å²) in [4.78, 5) is 28.5. The minimum Gasteiger partial charge on any atom is -0.496 e. The molecule has 0 bridgehead atoms. The number of carbonyl (C=O) groups excluding carboxylic acids is 2. The molecule has 2 amide bonds. The number of ether oxygens (including phenoxy) is 2. The molecule has 0 aliphatic carbocycles. The lowest BCUT2D eigenvalue weighted by Gasteiger charge is -2.32. The van der Waals surface area contributed by atoms with E-state index in [9.17, 15) is 9.59 Å². The van der Waals surface area contributed by atoms with Crippen molar-refractivity contribution < 1.29 is 19.1 Å². The van der Waals surface area contributed by atoms with Gasteiger partial charge in [0.1, 0.15) is 17.5 Å². The van der Waals surface area contributed by atoms with Crippen molar-refractivity contribution in [2.45, 2.75) is 38.9 Å². The predicted octanol–water partition coefficient (Wildman–Crippen LogP) is 4.74. The standard InChI is InChI=1S/C28H30N2O4/c1-28(2,3)29-27(32)26-22-14-8-10-16-24(22)34-18-25(31)30(26)17-19-11-5-6-12-20(19)21-13-7-9-15-23(21)33-4/h5-16,26H,17-18H2,1-4H3,(H,29,32). The molecule has 1 N–H and O–H groups in total. The van der Waals surface area contributed by atoms with E-state index < -0.39 is 11.6 Å². The molecule has 1 aliphatic heterocycles. The van der Waals surface area contributed by atoms with Gasteiger partial charge in [-0.2, -0.15) is 0 Å². The Balaban J connectivity index is 1.80. The number of nitrogens with zero attached hydrogens (tertiary/aromatic N) is 1. The number of amides is 2. The molecular formula is C28H30N2O4. The van der Waals surface area contributed by atoms with E-state index in [1.165, 1.54) is 0 Å². The van der Waals surface area contributed by atoms with E-state index >= 15 is 0 Å². The zero-order valence-electron chi connectivity index (χ0n) is 20.0. The number of rotatable bonds is 5. The number of fused-ring (bicyclic) bond motifs is 1. The molecule has 34 heavy (non-hydrogen) atoms. The molecule has 0 aromatic heterocycles. The van der Waals surface area contributed by atoms with Crippen molar-refractivity contribution in [3.8, 4) is 22.6 Å². The molecule has 0 saturated heterocycles. The van der Waals surface area contributed by atoms with E-state index in [1.807, 2.05) is 87.5 Å². The second-order valence-corrected chi connectivity index (χ2v) is 9.35. The van der Waals surface area contributed by atoms with Gasteiger partial charge in [0.05, 0.1) is 7.11 Å². The normalized spacial score (nSPS) is 15.7. The summed E-state index contributed by atoms with van der Waals surface area (Å²) in [5.41, 5.74) is 3.00. The van der Waals surface area contributed by atoms with Crippen molar-refractivity contribution in [1.29, 1.82) is 0 Å². The molecule has 0 spiro atoms. The van der Waals surface area contributed by atoms with Crippen LogP contribution in [0.2, 0.25) is 0 Å². The first-order chi connectivity index (χ1) is 16.3. The summed E-state index contributed by atoms with van der Waals surface area (Å²) in [6.07, 6.45) is 0. The van der Waals surface area contributed by atoms with Gasteiger partial charge in [0.15, 0.2) is 6.61 Å². The first kappa shape index (κ1) is 23.4. The minimum atomic E-state index is -0.823. The fourth-order valence-corrected chi connectivity index (χ4v) is 4.24. The maximum absolute atomic E-state index is 13.6. The Morgan fingerprint density at radius 1 is 1.00 bits per heavy atom. The third-order valence-corrected chi connectivity index (χ3v) is 5.70. The number of carbonyl (C=O) groups is 2. The molecule has 0 saturated carbocycles. The molecule has 1 heterocycles. The van der Waals surface area contributed by atoms with Gasteiger partial charge in [0, 0.05) is 23.2 Å². The van der Waals surface area contributed by atoms with Crippen LogP contribution in [0, 0.1) is 0 Å². The fraction of sp³-hybridized carbons (Fsp3) is 0.286. The van der Waals surface area contributed by atoms with Crippen molar-refractivity contribution >= 4 is 11.8 Å². The molecule has 0 radical (unpaired) electrons. The highest BCUT2D eigenvalue weighted by molar-refractivity contribution is 5.91. The van der Waals surface area contributed by atoms with Gasteiger partial charge in [-0.05, 0) is 44.0 Å². The summed E-state index contributed by atoms with van der Waals surface area (Å²) in [5, 5.41) is 3.05. The Kier molecular flexibility index (Phi) is 6.59. The van der Waals surface area contributed by atoms with E-state index in [2.05, 4.69) is 5.32 Å². The third-order valence-electron chi connectivity index (χ3n) is 5.70. The second-order valence-electron chi connectivity index (χ2n) is 9.35. The summed E-state index contributed by atoms with van der Waals surface area (Å²) in [6, 6.07) is 22.2. The highest BCUT2D eigenvalue weighted by Gasteiger charge is 2.37. The van der Waals surface area contributed by atoms with Gasteiger partial charge in [0.2, 0.25) is 5.91 Å². The Labute approximate surface area is 200 Å². The third kappa shape index (κ3) is 4.91. The van der Waals surface area contributed by atoms with Crippen molar-refractivity contribution in [3.05, 3.63) is 83.9 Å². The summed E-state index contributed by atoms with van der Waals surface area (Å²) in [5.74, 6) is 0.798. The van der Waals surface area contributed by atoms with E-state index in [0.29, 0.717) is 11.3 Å². The fourth-order valence-electron chi connectivity index (χ4n) is 4.24. The van der Waals surface area contributed by atoms with Gasteiger partial charge in [-0.15, -0.1) is 0 Å². The van der Waals surface area contributed by atoms with Crippen molar-refractivity contribution in [1.82, 2.24) is 10.2 Å². The van der Waals surface area contributed by atoms with Gasteiger partial charge in [-0.1, -0.05) is 60.7 Å². The first-order valence-electron chi connectivity index (χ1n) is 11.3. The average molecular weight is 459 g/mol. The minimum absolute atomic E-state index is 0.132. The van der Waals surface area contributed by atoms with E-state index in [1.54, 1.807) is 18.1 Å². The number of methoxy groups -OCH3 is 1. The van der Waals surface area contributed by atoms with Crippen LogP contribution in [-0.2, 0) is 16.1 Å². The van der Waals surface area contributed by atoms with E-state index in [4.69, 9.17) is 9.47 Å². The monoisotopic (exact) mass is 458 g/mol. The zero-order valence-corrected chi connectivity index (χ0v) is 20.0. The van der Waals surface area contributed by atoms with E-state index in [-0.39, 0.29) is 25.0 Å². The summed E-state index contributed by atoms with van der Waals surface area (Å²) >= 11 is 0. The highest BCUT2D eigenvalue weighted by Crippen LogP contribution is 2.37. The Bertz CT molecular complexity index is 1200. The van der Waals surface area contributed by atoms with Crippen LogP contribution in [0.25, 0.3) is 11.1 Å². The van der Waals surface area contributed by atoms with Crippen LogP contribution < -0.4 is 14.8 Å². The molecular weight excluding hydrogens is 428 g/mol. The lowest BCUT2D eigenvalue weighted by Crippen LogP contribution is -2.49. The summed E-state index contributed by atoms with van der Waals surface area (Å²) in [7, 11) is 1.64. The van der Waals surface area contributed by atoms with Crippen LogP contribution in [0.3, 0.4) is 0 Å². The van der Waals surface area contributed by atoms with Crippen LogP contribution in [-0.4, -0.2) is 36.0 Å². The van der Waals surface area contributed by atoms with Crippen molar-refractivity contribution in [2.24, 2.45) is 0 Å². The SMILES string of the molecule is COc1ccccc1-c1ccccc1CN1C(=O)COc2ccccc2C1C(=O)NC(C)(C)C. The highest BCUT2D eigenvalue weighted by atomic mass is 16.5. The molecule has 176 valence electrons. The topological polar surface area (TPSA) is 67.9 Å². The molecule has 1 aliphatic rings. The van der Waals surface area contributed by atoms with Gasteiger partial charge < -0.3 is 19.7 Å². The molecule has 1 unspecified atom stereocenters. The molecule has 6 nitrogen and oxygen atoms in total.